The molecule has 2 atom stereocenters. The summed E-state index contributed by atoms with van der Waals surface area (Å²) in [6, 6.07) is 12.1. The average Bonchev–Trinajstić information content (AvgIpc) is 2.42. The lowest BCUT2D eigenvalue weighted by atomic mass is 10.0. The molecule has 1 saturated heterocycles. The lowest BCUT2D eigenvalue weighted by molar-refractivity contribution is -0.144. The van der Waals surface area contributed by atoms with Gasteiger partial charge in [0, 0.05) is 19.1 Å². The Bertz CT molecular complexity index is 480. The van der Waals surface area contributed by atoms with Crippen LogP contribution in [0, 0.1) is 11.3 Å². The van der Waals surface area contributed by atoms with Gasteiger partial charge in [0.05, 0.1) is 12.5 Å². The van der Waals surface area contributed by atoms with Crippen LogP contribution in [0.5, 0.6) is 0 Å². The second-order valence-electron chi connectivity index (χ2n) is 5.10. The van der Waals surface area contributed by atoms with Crippen LogP contribution in [-0.2, 0) is 11.3 Å². The molecule has 1 aromatic rings. The van der Waals surface area contributed by atoms with Crippen LogP contribution < -0.4 is 0 Å². The maximum atomic E-state index is 12.4. The normalized spacial score (nSPS) is 24.3. The van der Waals surface area contributed by atoms with Gasteiger partial charge in [0.15, 0.2) is 0 Å². The van der Waals surface area contributed by atoms with Crippen LogP contribution in [-0.4, -0.2) is 41.4 Å². The van der Waals surface area contributed by atoms with E-state index in [1.54, 1.807) is 0 Å². The second-order valence-corrected chi connectivity index (χ2v) is 5.10. The van der Waals surface area contributed by atoms with E-state index in [1.165, 1.54) is 0 Å². The summed E-state index contributed by atoms with van der Waals surface area (Å²) in [5, 5.41) is 8.87. The minimum Gasteiger partial charge on any atom is -0.335 e. The summed E-state index contributed by atoms with van der Waals surface area (Å²) < 4.78 is 0. The summed E-state index contributed by atoms with van der Waals surface area (Å²) in [5.41, 5.74) is 1.13. The molecular formula is C15H19N3O. The molecule has 1 aromatic carbocycles. The SMILES string of the molecule is CC1CN(Cc2ccccc2)C(=O)C(CC#N)N1C. The van der Waals surface area contributed by atoms with E-state index in [2.05, 4.69) is 13.0 Å². The van der Waals surface area contributed by atoms with Crippen LogP contribution in [0.1, 0.15) is 18.9 Å². The third-order valence-electron chi connectivity index (χ3n) is 3.77. The number of likely N-dealkylation sites (N-methyl/N-ethyl adjacent to an activating group) is 1. The van der Waals surface area contributed by atoms with Crippen LogP contribution in [0.15, 0.2) is 30.3 Å². The first kappa shape index (κ1) is 13.6. The van der Waals surface area contributed by atoms with Crippen LogP contribution in [0.3, 0.4) is 0 Å². The first-order valence-corrected chi connectivity index (χ1v) is 6.55. The first-order chi connectivity index (χ1) is 9.13. The molecule has 1 aliphatic rings. The van der Waals surface area contributed by atoms with Gasteiger partial charge in [-0.3, -0.25) is 9.69 Å². The zero-order chi connectivity index (χ0) is 13.8. The van der Waals surface area contributed by atoms with Gasteiger partial charge < -0.3 is 4.90 Å². The second kappa shape index (κ2) is 5.85. The highest BCUT2D eigenvalue weighted by atomic mass is 16.2. The van der Waals surface area contributed by atoms with Crippen molar-refractivity contribution in [1.82, 2.24) is 9.80 Å². The monoisotopic (exact) mass is 257 g/mol. The molecule has 0 saturated carbocycles. The Hall–Kier alpha value is -1.86. The molecule has 2 unspecified atom stereocenters. The van der Waals surface area contributed by atoms with E-state index in [1.807, 2.05) is 47.2 Å². The van der Waals surface area contributed by atoms with Gasteiger partial charge in [-0.25, -0.2) is 0 Å². The Balaban J connectivity index is 2.13. The van der Waals surface area contributed by atoms with Gasteiger partial charge in [0.2, 0.25) is 5.91 Å². The Morgan fingerprint density at radius 2 is 2.05 bits per heavy atom. The van der Waals surface area contributed by atoms with Crippen molar-refractivity contribution in [3.63, 3.8) is 0 Å². The molecule has 4 heteroatoms. The van der Waals surface area contributed by atoms with E-state index >= 15 is 0 Å². The van der Waals surface area contributed by atoms with Crippen molar-refractivity contribution in [2.75, 3.05) is 13.6 Å². The molecule has 0 spiro atoms. The molecule has 19 heavy (non-hydrogen) atoms. The third-order valence-corrected chi connectivity index (χ3v) is 3.77. The third kappa shape index (κ3) is 2.94. The van der Waals surface area contributed by atoms with E-state index in [-0.39, 0.29) is 24.4 Å². The van der Waals surface area contributed by atoms with Gasteiger partial charge in [0.1, 0.15) is 6.04 Å². The molecule has 4 nitrogen and oxygen atoms in total. The minimum absolute atomic E-state index is 0.0611. The number of hydrogen-bond donors (Lipinski definition) is 0. The summed E-state index contributed by atoms with van der Waals surface area (Å²) in [6.45, 7) is 3.43. The molecule has 100 valence electrons. The highest BCUT2D eigenvalue weighted by molar-refractivity contribution is 5.83. The maximum absolute atomic E-state index is 12.4. The van der Waals surface area contributed by atoms with E-state index in [0.29, 0.717) is 13.1 Å². The van der Waals surface area contributed by atoms with Crippen molar-refractivity contribution in [2.45, 2.75) is 32.0 Å². The van der Waals surface area contributed by atoms with Crippen molar-refractivity contribution >= 4 is 5.91 Å². The number of amides is 1. The smallest absolute Gasteiger partial charge is 0.241 e. The molecule has 0 aromatic heterocycles. The van der Waals surface area contributed by atoms with Crippen LogP contribution in [0.25, 0.3) is 0 Å². The molecule has 1 amide bonds. The Kier molecular flexibility index (Phi) is 4.18. The zero-order valence-electron chi connectivity index (χ0n) is 11.4. The van der Waals surface area contributed by atoms with Crippen molar-refractivity contribution in [1.29, 1.82) is 5.26 Å². The van der Waals surface area contributed by atoms with Gasteiger partial charge in [-0.05, 0) is 19.5 Å². The molecule has 1 aliphatic heterocycles. The molecule has 0 radical (unpaired) electrons. The molecule has 1 fully saturated rings. The molecule has 0 bridgehead atoms. The molecule has 0 aliphatic carbocycles. The fraction of sp³-hybridized carbons (Fsp3) is 0.467. The molecule has 1 heterocycles. The number of hydrogen-bond acceptors (Lipinski definition) is 3. The molecule has 0 N–H and O–H groups in total. The maximum Gasteiger partial charge on any atom is 0.241 e. The Morgan fingerprint density at radius 1 is 1.37 bits per heavy atom. The Labute approximate surface area is 114 Å². The first-order valence-electron chi connectivity index (χ1n) is 6.55. The van der Waals surface area contributed by atoms with E-state index < -0.39 is 0 Å². The van der Waals surface area contributed by atoms with E-state index in [4.69, 9.17) is 5.26 Å². The zero-order valence-corrected chi connectivity index (χ0v) is 11.4. The number of rotatable bonds is 3. The number of piperazine rings is 1. The van der Waals surface area contributed by atoms with Crippen molar-refractivity contribution in [3.8, 4) is 6.07 Å². The van der Waals surface area contributed by atoms with Crippen LogP contribution >= 0.6 is 0 Å². The largest absolute Gasteiger partial charge is 0.335 e. The fourth-order valence-electron chi connectivity index (χ4n) is 2.49. The minimum atomic E-state index is -0.308. The fourth-order valence-corrected chi connectivity index (χ4v) is 2.49. The molecule has 2 rings (SSSR count). The summed E-state index contributed by atoms with van der Waals surface area (Å²) in [6.07, 6.45) is 0.255. The molecular weight excluding hydrogens is 238 g/mol. The van der Waals surface area contributed by atoms with Gasteiger partial charge in [-0.15, -0.1) is 0 Å². The quantitative estimate of drug-likeness (QED) is 0.827. The van der Waals surface area contributed by atoms with Crippen LogP contribution in [0.4, 0.5) is 0 Å². The standard InChI is InChI=1S/C15H19N3O/c1-12-10-18(11-13-6-4-3-5-7-13)15(19)14(8-9-16)17(12)2/h3-7,12,14H,8,10-11H2,1-2H3. The number of carbonyl (C=O) groups is 1. The number of nitrogens with zero attached hydrogens (tertiary/aromatic N) is 3. The van der Waals surface area contributed by atoms with Crippen LogP contribution in [0.2, 0.25) is 0 Å². The summed E-state index contributed by atoms with van der Waals surface area (Å²) >= 11 is 0. The van der Waals surface area contributed by atoms with Gasteiger partial charge >= 0.3 is 0 Å². The topological polar surface area (TPSA) is 47.3 Å². The van der Waals surface area contributed by atoms with Gasteiger partial charge in [-0.1, -0.05) is 30.3 Å². The highest BCUT2D eigenvalue weighted by Crippen LogP contribution is 2.19. The predicted octanol–water partition coefficient (Wildman–Crippen LogP) is 1.63. The number of carbonyl (C=O) groups excluding carboxylic acids is 1. The predicted molar refractivity (Wildman–Crippen MR) is 73.1 cm³/mol. The number of benzene rings is 1. The van der Waals surface area contributed by atoms with Crippen molar-refractivity contribution in [3.05, 3.63) is 35.9 Å². The lowest BCUT2D eigenvalue weighted by Crippen LogP contribution is -2.59. The summed E-state index contributed by atoms with van der Waals surface area (Å²) in [4.78, 5) is 16.3. The van der Waals surface area contributed by atoms with Gasteiger partial charge in [0.25, 0.3) is 0 Å². The summed E-state index contributed by atoms with van der Waals surface area (Å²) in [7, 11) is 1.92. The average molecular weight is 257 g/mol. The van der Waals surface area contributed by atoms with E-state index in [0.717, 1.165) is 5.56 Å². The summed E-state index contributed by atoms with van der Waals surface area (Å²) in [5.74, 6) is 0.0611. The van der Waals surface area contributed by atoms with E-state index in [9.17, 15) is 4.79 Å². The number of nitriles is 1. The van der Waals surface area contributed by atoms with Crippen molar-refractivity contribution < 1.29 is 4.79 Å². The van der Waals surface area contributed by atoms with Crippen molar-refractivity contribution in [2.24, 2.45) is 0 Å². The Morgan fingerprint density at radius 3 is 2.68 bits per heavy atom. The highest BCUT2D eigenvalue weighted by Gasteiger charge is 2.36. The lowest BCUT2D eigenvalue weighted by Gasteiger charge is -2.42. The van der Waals surface area contributed by atoms with Gasteiger partial charge in [-0.2, -0.15) is 5.26 Å².